The third-order valence-electron chi connectivity index (χ3n) is 3.97. The van der Waals surface area contributed by atoms with Gasteiger partial charge in [-0.15, -0.1) is 0 Å². The first-order valence-corrected chi connectivity index (χ1v) is 8.26. The SMILES string of the molecule is Cc1cc(C(=O)COC(=O)c2cncc(Br)c2)c(C)n1C1CC1. The van der Waals surface area contributed by atoms with Gasteiger partial charge in [0.25, 0.3) is 0 Å². The number of pyridine rings is 1. The van der Waals surface area contributed by atoms with Crippen molar-refractivity contribution in [3.63, 3.8) is 0 Å². The molecule has 0 unspecified atom stereocenters. The summed E-state index contributed by atoms with van der Waals surface area (Å²) in [4.78, 5) is 28.2. The van der Waals surface area contributed by atoms with Crippen LogP contribution in [0.25, 0.3) is 0 Å². The van der Waals surface area contributed by atoms with E-state index in [1.165, 1.54) is 6.20 Å². The number of ether oxygens (including phenoxy) is 1. The second kappa shape index (κ2) is 6.28. The van der Waals surface area contributed by atoms with Crippen molar-refractivity contribution in [2.75, 3.05) is 6.61 Å². The van der Waals surface area contributed by atoms with Crippen LogP contribution in [-0.2, 0) is 4.74 Å². The zero-order valence-electron chi connectivity index (χ0n) is 13.0. The molecule has 2 aromatic heterocycles. The van der Waals surface area contributed by atoms with E-state index < -0.39 is 5.97 Å². The Morgan fingerprint density at radius 1 is 1.30 bits per heavy atom. The predicted octanol–water partition coefficient (Wildman–Crippen LogP) is 3.64. The van der Waals surface area contributed by atoms with Crippen LogP contribution in [0, 0.1) is 13.8 Å². The van der Waals surface area contributed by atoms with Gasteiger partial charge in [-0.2, -0.15) is 0 Å². The number of carbonyl (C=O) groups excluding carboxylic acids is 2. The minimum atomic E-state index is -0.553. The molecule has 6 heteroatoms. The molecule has 5 nitrogen and oxygen atoms in total. The number of aryl methyl sites for hydroxylation is 1. The molecule has 1 fully saturated rings. The zero-order chi connectivity index (χ0) is 16.6. The molecule has 0 bridgehead atoms. The molecule has 23 heavy (non-hydrogen) atoms. The van der Waals surface area contributed by atoms with Crippen molar-refractivity contribution in [1.29, 1.82) is 0 Å². The molecule has 0 amide bonds. The number of nitrogens with zero attached hydrogens (tertiary/aromatic N) is 2. The lowest BCUT2D eigenvalue weighted by atomic mass is 10.1. The van der Waals surface area contributed by atoms with E-state index in [4.69, 9.17) is 4.74 Å². The van der Waals surface area contributed by atoms with Crippen LogP contribution in [0.2, 0.25) is 0 Å². The van der Waals surface area contributed by atoms with Crippen LogP contribution >= 0.6 is 15.9 Å². The van der Waals surface area contributed by atoms with Gasteiger partial charge in [-0.3, -0.25) is 9.78 Å². The highest BCUT2D eigenvalue weighted by atomic mass is 79.9. The lowest BCUT2D eigenvalue weighted by Crippen LogP contribution is -2.15. The van der Waals surface area contributed by atoms with E-state index in [9.17, 15) is 9.59 Å². The average molecular weight is 377 g/mol. The molecule has 2 aromatic rings. The lowest BCUT2D eigenvalue weighted by molar-refractivity contribution is 0.0474. The first-order chi connectivity index (χ1) is 11.0. The summed E-state index contributed by atoms with van der Waals surface area (Å²) in [5.41, 5.74) is 2.98. The standard InChI is InChI=1S/C17H17BrN2O3/c1-10-5-15(11(2)20(10)14-3-4-14)16(21)9-23-17(22)12-6-13(18)8-19-7-12/h5-8,14H,3-4,9H2,1-2H3. The van der Waals surface area contributed by atoms with E-state index in [-0.39, 0.29) is 12.4 Å². The first kappa shape index (κ1) is 15.9. The van der Waals surface area contributed by atoms with E-state index in [2.05, 4.69) is 25.5 Å². The first-order valence-electron chi connectivity index (χ1n) is 7.46. The molecular formula is C17H17BrN2O3. The van der Waals surface area contributed by atoms with Gasteiger partial charge in [0.05, 0.1) is 5.56 Å². The van der Waals surface area contributed by atoms with Crippen molar-refractivity contribution in [2.45, 2.75) is 32.7 Å². The molecule has 120 valence electrons. The van der Waals surface area contributed by atoms with Crippen LogP contribution in [-0.4, -0.2) is 27.9 Å². The molecule has 0 spiro atoms. The van der Waals surface area contributed by atoms with Crippen LogP contribution in [0.5, 0.6) is 0 Å². The van der Waals surface area contributed by atoms with Crippen LogP contribution in [0.1, 0.15) is 51.0 Å². The van der Waals surface area contributed by atoms with E-state index in [0.29, 0.717) is 21.6 Å². The van der Waals surface area contributed by atoms with Gasteiger partial charge in [0.1, 0.15) is 0 Å². The van der Waals surface area contributed by atoms with E-state index in [0.717, 1.165) is 24.2 Å². The summed E-state index contributed by atoms with van der Waals surface area (Å²) in [6.45, 7) is 3.68. The fourth-order valence-electron chi connectivity index (χ4n) is 2.77. The second-order valence-corrected chi connectivity index (χ2v) is 6.69. The maximum absolute atomic E-state index is 12.4. The van der Waals surface area contributed by atoms with Crippen LogP contribution in [0.3, 0.4) is 0 Å². The van der Waals surface area contributed by atoms with Gasteiger partial charge in [0.15, 0.2) is 6.61 Å². The monoisotopic (exact) mass is 376 g/mol. The maximum Gasteiger partial charge on any atom is 0.340 e. The summed E-state index contributed by atoms with van der Waals surface area (Å²) in [5.74, 6) is -0.732. The summed E-state index contributed by atoms with van der Waals surface area (Å²) in [6, 6.07) is 4.01. The van der Waals surface area contributed by atoms with Gasteiger partial charge >= 0.3 is 5.97 Å². The van der Waals surface area contributed by atoms with Crippen molar-refractivity contribution in [3.8, 4) is 0 Å². The highest BCUT2D eigenvalue weighted by Crippen LogP contribution is 2.38. The maximum atomic E-state index is 12.4. The van der Waals surface area contributed by atoms with Crippen LogP contribution in [0.4, 0.5) is 0 Å². The van der Waals surface area contributed by atoms with E-state index >= 15 is 0 Å². The van der Waals surface area contributed by atoms with Crippen LogP contribution < -0.4 is 0 Å². The summed E-state index contributed by atoms with van der Waals surface area (Å²) >= 11 is 3.25. The normalized spacial score (nSPS) is 13.9. The quantitative estimate of drug-likeness (QED) is 0.590. The summed E-state index contributed by atoms with van der Waals surface area (Å²) in [6.07, 6.45) is 5.31. The highest BCUT2D eigenvalue weighted by Gasteiger charge is 2.28. The molecular weight excluding hydrogens is 360 g/mol. The Balaban J connectivity index is 1.68. The fraction of sp³-hybridized carbons (Fsp3) is 0.353. The Bertz CT molecular complexity index is 778. The van der Waals surface area contributed by atoms with Crippen LogP contribution in [0.15, 0.2) is 29.0 Å². The third-order valence-corrected chi connectivity index (χ3v) is 4.41. The number of hydrogen-bond acceptors (Lipinski definition) is 4. The summed E-state index contributed by atoms with van der Waals surface area (Å²) < 4.78 is 8.01. The number of rotatable bonds is 5. The Kier molecular flexibility index (Phi) is 4.35. The number of esters is 1. The number of Topliss-reactive ketones (excluding diaryl/α,β-unsaturated/α-hetero) is 1. The number of ketones is 1. The van der Waals surface area contributed by atoms with Crippen molar-refractivity contribution in [3.05, 3.63) is 51.5 Å². The Morgan fingerprint density at radius 2 is 2.04 bits per heavy atom. The number of halogens is 1. The van der Waals surface area contributed by atoms with Gasteiger partial charge in [0, 0.05) is 39.9 Å². The van der Waals surface area contributed by atoms with E-state index in [1.54, 1.807) is 12.3 Å². The minimum Gasteiger partial charge on any atom is -0.454 e. The molecule has 1 aliphatic rings. The Labute approximate surface area is 142 Å². The molecule has 0 aromatic carbocycles. The second-order valence-electron chi connectivity index (χ2n) is 5.78. The average Bonchev–Trinajstić information content (AvgIpc) is 3.30. The molecule has 0 saturated heterocycles. The largest absolute Gasteiger partial charge is 0.454 e. The minimum absolute atomic E-state index is 0.179. The molecule has 0 atom stereocenters. The molecule has 3 rings (SSSR count). The Hall–Kier alpha value is -1.95. The zero-order valence-corrected chi connectivity index (χ0v) is 14.6. The van der Waals surface area contributed by atoms with Gasteiger partial charge in [-0.1, -0.05) is 0 Å². The smallest absolute Gasteiger partial charge is 0.340 e. The van der Waals surface area contributed by atoms with Crippen molar-refractivity contribution in [1.82, 2.24) is 9.55 Å². The molecule has 1 saturated carbocycles. The predicted molar refractivity (Wildman–Crippen MR) is 88.7 cm³/mol. The Morgan fingerprint density at radius 3 is 2.70 bits per heavy atom. The topological polar surface area (TPSA) is 61.2 Å². The highest BCUT2D eigenvalue weighted by molar-refractivity contribution is 9.10. The number of carbonyl (C=O) groups is 2. The van der Waals surface area contributed by atoms with Gasteiger partial charge in [-0.05, 0) is 54.8 Å². The van der Waals surface area contributed by atoms with Gasteiger partial charge in [0.2, 0.25) is 5.78 Å². The molecule has 0 radical (unpaired) electrons. The molecule has 1 aliphatic carbocycles. The lowest BCUT2D eigenvalue weighted by Gasteiger charge is -2.08. The fourth-order valence-corrected chi connectivity index (χ4v) is 3.13. The number of hydrogen-bond donors (Lipinski definition) is 0. The molecule has 2 heterocycles. The summed E-state index contributed by atoms with van der Waals surface area (Å²) in [7, 11) is 0. The molecule has 0 aliphatic heterocycles. The van der Waals surface area contributed by atoms with Crippen molar-refractivity contribution >= 4 is 27.7 Å². The summed E-state index contributed by atoms with van der Waals surface area (Å²) in [5, 5.41) is 0. The number of aromatic nitrogens is 2. The van der Waals surface area contributed by atoms with Crippen molar-refractivity contribution in [2.24, 2.45) is 0 Å². The van der Waals surface area contributed by atoms with Gasteiger partial charge in [-0.25, -0.2) is 4.79 Å². The van der Waals surface area contributed by atoms with Gasteiger partial charge < -0.3 is 9.30 Å². The van der Waals surface area contributed by atoms with E-state index in [1.807, 2.05) is 19.9 Å². The molecule has 0 N–H and O–H groups in total. The van der Waals surface area contributed by atoms with Crippen molar-refractivity contribution < 1.29 is 14.3 Å². The third kappa shape index (κ3) is 3.37.